The van der Waals surface area contributed by atoms with Gasteiger partial charge in [-0.25, -0.2) is 4.39 Å². The van der Waals surface area contributed by atoms with Crippen molar-refractivity contribution in [3.05, 3.63) is 48.0 Å². The van der Waals surface area contributed by atoms with E-state index in [1.807, 2.05) is 6.92 Å². The Kier molecular flexibility index (Phi) is 4.38. The molecule has 1 aliphatic rings. The van der Waals surface area contributed by atoms with Crippen molar-refractivity contribution in [2.75, 3.05) is 6.54 Å². The maximum Gasteiger partial charge on any atom is 0.289 e. The molecule has 2 aromatic rings. The number of carbonyl (C=O) groups is 2. The summed E-state index contributed by atoms with van der Waals surface area (Å²) in [5, 5.41) is 0. The van der Waals surface area contributed by atoms with E-state index in [1.54, 1.807) is 29.2 Å². The summed E-state index contributed by atoms with van der Waals surface area (Å²) in [7, 11) is 0. The molecule has 1 aliphatic heterocycles. The summed E-state index contributed by atoms with van der Waals surface area (Å²) in [6.07, 6.45) is 1.39. The lowest BCUT2D eigenvalue weighted by Crippen LogP contribution is -2.48. The van der Waals surface area contributed by atoms with Crippen molar-refractivity contribution < 1.29 is 18.4 Å². The standard InChI is InChI=1S/C18H19FN2O3/c1-11-6-7-12(17(20)22)10-21(11)18(23)16-9-8-15(24-16)13-4-2-3-5-14(13)19/h2-5,8-9,11-12H,6-7,10H2,1H3,(H2,20,22)/t11-,12+/m1/s1. The highest BCUT2D eigenvalue weighted by Crippen LogP contribution is 2.28. The van der Waals surface area contributed by atoms with Crippen LogP contribution in [0.1, 0.15) is 30.3 Å². The van der Waals surface area contributed by atoms with E-state index in [1.165, 1.54) is 12.1 Å². The average molecular weight is 330 g/mol. The van der Waals surface area contributed by atoms with Crippen molar-refractivity contribution in [3.63, 3.8) is 0 Å². The molecule has 2 atom stereocenters. The van der Waals surface area contributed by atoms with Gasteiger partial charge in [-0.15, -0.1) is 0 Å². The first-order valence-corrected chi connectivity index (χ1v) is 7.92. The lowest BCUT2D eigenvalue weighted by atomic mass is 9.93. The molecular weight excluding hydrogens is 311 g/mol. The highest BCUT2D eigenvalue weighted by molar-refractivity contribution is 5.93. The number of benzene rings is 1. The first-order valence-electron chi connectivity index (χ1n) is 7.92. The Labute approximate surface area is 139 Å². The highest BCUT2D eigenvalue weighted by Gasteiger charge is 2.33. The summed E-state index contributed by atoms with van der Waals surface area (Å²) >= 11 is 0. The Balaban J connectivity index is 1.83. The summed E-state index contributed by atoms with van der Waals surface area (Å²) in [6, 6.07) is 9.32. The first-order chi connectivity index (χ1) is 11.5. The number of likely N-dealkylation sites (tertiary alicyclic amines) is 1. The highest BCUT2D eigenvalue weighted by atomic mass is 19.1. The van der Waals surface area contributed by atoms with Gasteiger partial charge < -0.3 is 15.1 Å². The number of halogens is 1. The SMILES string of the molecule is C[C@@H]1CC[C@H](C(N)=O)CN1C(=O)c1ccc(-c2ccccc2F)o1. The number of furan rings is 1. The van der Waals surface area contributed by atoms with Crippen molar-refractivity contribution in [2.24, 2.45) is 11.7 Å². The van der Waals surface area contributed by atoms with Crippen LogP contribution >= 0.6 is 0 Å². The van der Waals surface area contributed by atoms with Gasteiger partial charge in [0.15, 0.2) is 5.76 Å². The van der Waals surface area contributed by atoms with E-state index >= 15 is 0 Å². The Morgan fingerprint density at radius 2 is 1.96 bits per heavy atom. The van der Waals surface area contributed by atoms with Crippen LogP contribution in [0, 0.1) is 11.7 Å². The molecule has 3 rings (SSSR count). The van der Waals surface area contributed by atoms with Gasteiger partial charge in [0.05, 0.1) is 11.5 Å². The molecule has 1 aromatic heterocycles. The molecule has 0 spiro atoms. The van der Waals surface area contributed by atoms with E-state index in [9.17, 15) is 14.0 Å². The van der Waals surface area contributed by atoms with Crippen LogP contribution in [0.15, 0.2) is 40.8 Å². The molecule has 24 heavy (non-hydrogen) atoms. The lowest BCUT2D eigenvalue weighted by Gasteiger charge is -2.36. The fourth-order valence-electron chi connectivity index (χ4n) is 3.02. The van der Waals surface area contributed by atoms with Gasteiger partial charge in [-0.3, -0.25) is 9.59 Å². The summed E-state index contributed by atoms with van der Waals surface area (Å²) in [4.78, 5) is 25.7. The Morgan fingerprint density at radius 1 is 1.21 bits per heavy atom. The maximum atomic E-state index is 13.8. The second-order valence-electron chi connectivity index (χ2n) is 6.13. The Hall–Kier alpha value is -2.63. The second kappa shape index (κ2) is 6.47. The minimum Gasteiger partial charge on any atom is -0.451 e. The molecule has 1 aromatic carbocycles. The van der Waals surface area contributed by atoms with Crippen LogP contribution in [-0.4, -0.2) is 29.3 Å². The van der Waals surface area contributed by atoms with Gasteiger partial charge in [0, 0.05) is 12.6 Å². The van der Waals surface area contributed by atoms with Crippen LogP contribution in [0.4, 0.5) is 4.39 Å². The van der Waals surface area contributed by atoms with E-state index in [2.05, 4.69) is 0 Å². The number of primary amides is 1. The van der Waals surface area contributed by atoms with Gasteiger partial charge >= 0.3 is 0 Å². The van der Waals surface area contributed by atoms with Crippen LogP contribution < -0.4 is 5.73 Å². The average Bonchev–Trinajstić information content (AvgIpc) is 3.04. The van der Waals surface area contributed by atoms with Gasteiger partial charge in [0.25, 0.3) is 5.91 Å². The largest absolute Gasteiger partial charge is 0.451 e. The van der Waals surface area contributed by atoms with Crippen molar-refractivity contribution in [2.45, 2.75) is 25.8 Å². The van der Waals surface area contributed by atoms with Gasteiger partial charge in [-0.1, -0.05) is 12.1 Å². The number of amides is 2. The molecule has 0 unspecified atom stereocenters. The van der Waals surface area contributed by atoms with Gasteiger partial charge in [-0.2, -0.15) is 0 Å². The monoisotopic (exact) mass is 330 g/mol. The molecule has 5 nitrogen and oxygen atoms in total. The van der Waals surface area contributed by atoms with Gasteiger partial charge in [0.2, 0.25) is 5.91 Å². The number of hydrogen-bond acceptors (Lipinski definition) is 3. The van der Waals surface area contributed by atoms with Crippen LogP contribution in [0.3, 0.4) is 0 Å². The Morgan fingerprint density at radius 3 is 2.67 bits per heavy atom. The number of hydrogen-bond donors (Lipinski definition) is 1. The molecule has 1 fully saturated rings. The molecule has 6 heteroatoms. The third-order valence-electron chi connectivity index (χ3n) is 4.50. The molecular formula is C18H19FN2O3. The van der Waals surface area contributed by atoms with E-state index in [0.717, 1.165) is 0 Å². The zero-order valence-electron chi connectivity index (χ0n) is 13.4. The third-order valence-corrected chi connectivity index (χ3v) is 4.50. The molecule has 126 valence electrons. The predicted octanol–water partition coefficient (Wildman–Crippen LogP) is 2.81. The normalized spacial score (nSPS) is 20.8. The topological polar surface area (TPSA) is 76.5 Å². The molecule has 0 bridgehead atoms. The number of rotatable bonds is 3. The summed E-state index contributed by atoms with van der Waals surface area (Å²) in [6.45, 7) is 2.21. The van der Waals surface area contributed by atoms with Crippen LogP contribution in [0.2, 0.25) is 0 Å². The summed E-state index contributed by atoms with van der Waals surface area (Å²) < 4.78 is 19.4. The fourth-order valence-corrected chi connectivity index (χ4v) is 3.02. The van der Waals surface area contributed by atoms with E-state index in [0.29, 0.717) is 24.2 Å². The van der Waals surface area contributed by atoms with E-state index in [4.69, 9.17) is 10.2 Å². The zero-order valence-corrected chi connectivity index (χ0v) is 13.4. The smallest absolute Gasteiger partial charge is 0.289 e. The predicted molar refractivity (Wildman–Crippen MR) is 86.5 cm³/mol. The number of nitrogens with two attached hydrogens (primary N) is 1. The van der Waals surface area contributed by atoms with Crippen molar-refractivity contribution >= 4 is 11.8 Å². The number of piperidine rings is 1. The van der Waals surface area contributed by atoms with Gasteiger partial charge in [0.1, 0.15) is 11.6 Å². The zero-order chi connectivity index (χ0) is 17.3. The second-order valence-corrected chi connectivity index (χ2v) is 6.13. The molecule has 2 N–H and O–H groups in total. The van der Waals surface area contributed by atoms with Crippen LogP contribution in [-0.2, 0) is 4.79 Å². The molecule has 2 amide bonds. The van der Waals surface area contributed by atoms with Crippen LogP contribution in [0.25, 0.3) is 11.3 Å². The minimum absolute atomic E-state index is 0.00453. The number of carbonyl (C=O) groups excluding carboxylic acids is 2. The molecule has 0 radical (unpaired) electrons. The molecule has 0 saturated carbocycles. The lowest BCUT2D eigenvalue weighted by molar-refractivity contribution is -0.123. The maximum absolute atomic E-state index is 13.8. The fraction of sp³-hybridized carbons (Fsp3) is 0.333. The van der Waals surface area contributed by atoms with Crippen molar-refractivity contribution in [3.8, 4) is 11.3 Å². The van der Waals surface area contributed by atoms with E-state index in [-0.39, 0.29) is 30.2 Å². The number of nitrogens with zero attached hydrogens (tertiary/aromatic N) is 1. The molecule has 2 heterocycles. The van der Waals surface area contributed by atoms with Crippen molar-refractivity contribution in [1.82, 2.24) is 4.90 Å². The minimum atomic E-state index is -0.411. The molecule has 1 saturated heterocycles. The summed E-state index contributed by atoms with van der Waals surface area (Å²) in [5.41, 5.74) is 5.67. The van der Waals surface area contributed by atoms with E-state index < -0.39 is 11.7 Å². The first kappa shape index (κ1) is 16.2. The summed E-state index contributed by atoms with van der Waals surface area (Å²) in [5.74, 6) is -1.03. The third kappa shape index (κ3) is 3.04. The van der Waals surface area contributed by atoms with Crippen LogP contribution in [0.5, 0.6) is 0 Å². The quantitative estimate of drug-likeness (QED) is 0.940. The molecule has 0 aliphatic carbocycles. The Bertz CT molecular complexity index is 771. The van der Waals surface area contributed by atoms with Crippen molar-refractivity contribution in [1.29, 1.82) is 0 Å². The van der Waals surface area contributed by atoms with Gasteiger partial charge in [-0.05, 0) is 44.0 Å².